The largest absolute Gasteiger partial charge is 0.374 e. The topological polar surface area (TPSA) is 42.4 Å². The van der Waals surface area contributed by atoms with Crippen LogP contribution in [0.25, 0.3) is 10.2 Å². The summed E-state index contributed by atoms with van der Waals surface area (Å²) in [6, 6.07) is 8.47. The number of nitrogens with zero attached hydrogens (tertiary/aromatic N) is 2. The predicted molar refractivity (Wildman–Crippen MR) is 91.7 cm³/mol. The van der Waals surface area contributed by atoms with E-state index in [2.05, 4.69) is 16.0 Å². The van der Waals surface area contributed by atoms with Gasteiger partial charge in [0.15, 0.2) is 0 Å². The molecule has 2 aromatic rings. The van der Waals surface area contributed by atoms with Crippen LogP contribution >= 0.6 is 11.3 Å². The van der Waals surface area contributed by atoms with E-state index in [-0.39, 0.29) is 12.0 Å². The maximum atomic E-state index is 12.7. The summed E-state index contributed by atoms with van der Waals surface area (Å²) in [5.41, 5.74) is 1.04. The third-order valence-corrected chi connectivity index (χ3v) is 6.04. The minimum absolute atomic E-state index is 0.268. The number of para-hydroxylation sites is 1. The number of morpholine rings is 1. The summed E-state index contributed by atoms with van der Waals surface area (Å²) in [4.78, 5) is 19.4. The zero-order chi connectivity index (χ0) is 15.6. The molecule has 5 heteroatoms. The van der Waals surface area contributed by atoms with Gasteiger partial charge in [0, 0.05) is 19.4 Å². The van der Waals surface area contributed by atoms with E-state index in [1.54, 1.807) is 11.3 Å². The van der Waals surface area contributed by atoms with Gasteiger partial charge < -0.3 is 9.64 Å². The second-order valence-corrected chi connectivity index (χ2v) is 7.54. The van der Waals surface area contributed by atoms with Crippen molar-refractivity contribution in [2.24, 2.45) is 0 Å². The first-order valence-electron chi connectivity index (χ1n) is 8.57. The molecule has 2 aliphatic rings. The number of aryl methyl sites for hydroxylation is 1. The molecule has 0 N–H and O–H groups in total. The summed E-state index contributed by atoms with van der Waals surface area (Å²) >= 11 is 1.70. The van der Waals surface area contributed by atoms with E-state index >= 15 is 0 Å². The molecule has 122 valence electrons. The van der Waals surface area contributed by atoms with Gasteiger partial charge in [-0.25, -0.2) is 4.98 Å². The van der Waals surface area contributed by atoms with Gasteiger partial charge in [0.05, 0.1) is 34.0 Å². The average Bonchev–Trinajstić information content (AvgIpc) is 3.02. The Morgan fingerprint density at radius 3 is 3.09 bits per heavy atom. The van der Waals surface area contributed by atoms with Crippen molar-refractivity contribution in [1.82, 2.24) is 9.88 Å². The fourth-order valence-electron chi connectivity index (χ4n) is 3.79. The molecule has 2 atom stereocenters. The Labute approximate surface area is 140 Å². The number of benzene rings is 1. The van der Waals surface area contributed by atoms with Gasteiger partial charge in [0.1, 0.15) is 0 Å². The summed E-state index contributed by atoms with van der Waals surface area (Å²) in [7, 11) is 0. The van der Waals surface area contributed by atoms with Crippen LogP contribution in [0.4, 0.5) is 0 Å². The van der Waals surface area contributed by atoms with E-state index < -0.39 is 0 Å². The van der Waals surface area contributed by atoms with Crippen LogP contribution in [0.2, 0.25) is 0 Å². The van der Waals surface area contributed by atoms with Crippen LogP contribution in [0, 0.1) is 0 Å². The highest BCUT2D eigenvalue weighted by Gasteiger charge is 2.36. The molecule has 0 radical (unpaired) electrons. The molecular formula is C18H22N2O2S. The summed E-state index contributed by atoms with van der Waals surface area (Å²) in [6.07, 6.45) is 6.21. The van der Waals surface area contributed by atoms with Gasteiger partial charge in [-0.05, 0) is 25.0 Å². The molecule has 1 saturated heterocycles. The third-order valence-electron chi connectivity index (χ3n) is 4.94. The molecule has 1 aliphatic carbocycles. The molecule has 1 aromatic carbocycles. The normalized spacial score (nSPS) is 24.6. The Hall–Kier alpha value is -1.46. The van der Waals surface area contributed by atoms with Crippen molar-refractivity contribution in [2.75, 3.05) is 13.2 Å². The molecule has 1 amide bonds. The Morgan fingerprint density at radius 2 is 2.17 bits per heavy atom. The van der Waals surface area contributed by atoms with Crippen LogP contribution in [0.15, 0.2) is 24.3 Å². The SMILES string of the molecule is O=C(CCc1nc2ccccc2s1)N1CCO[C@@H]2CCCC[C@H]21. The monoisotopic (exact) mass is 330 g/mol. The van der Waals surface area contributed by atoms with Crippen LogP contribution < -0.4 is 0 Å². The standard InChI is InChI=1S/C18H22N2O2S/c21-18(20-11-12-22-15-7-3-2-6-14(15)20)10-9-17-19-13-5-1-4-8-16(13)23-17/h1,4-5,8,14-15H,2-3,6-7,9-12H2/t14-,15-/m1/s1. The Bertz CT molecular complexity index is 664. The number of ether oxygens (including phenoxy) is 1. The van der Waals surface area contributed by atoms with Gasteiger partial charge in [0.25, 0.3) is 0 Å². The van der Waals surface area contributed by atoms with Crippen molar-refractivity contribution in [1.29, 1.82) is 0 Å². The van der Waals surface area contributed by atoms with Crippen LogP contribution in [-0.2, 0) is 16.0 Å². The first-order valence-corrected chi connectivity index (χ1v) is 9.38. The second kappa shape index (κ2) is 6.57. The molecule has 23 heavy (non-hydrogen) atoms. The number of carbonyl (C=O) groups excluding carboxylic acids is 1. The van der Waals surface area contributed by atoms with Crippen molar-refractivity contribution in [3.63, 3.8) is 0 Å². The predicted octanol–water partition coefficient (Wildman–Crippen LogP) is 3.40. The molecule has 4 nitrogen and oxygen atoms in total. The van der Waals surface area contributed by atoms with Gasteiger partial charge >= 0.3 is 0 Å². The summed E-state index contributed by atoms with van der Waals surface area (Å²) in [6.45, 7) is 1.44. The van der Waals surface area contributed by atoms with Crippen LogP contribution in [0.1, 0.15) is 37.1 Å². The number of hydrogen-bond acceptors (Lipinski definition) is 4. The second-order valence-electron chi connectivity index (χ2n) is 6.42. The minimum Gasteiger partial charge on any atom is -0.374 e. The van der Waals surface area contributed by atoms with Crippen LogP contribution in [-0.4, -0.2) is 41.1 Å². The lowest BCUT2D eigenvalue weighted by Crippen LogP contribution is -2.54. The zero-order valence-corrected chi connectivity index (χ0v) is 14.1. The lowest BCUT2D eigenvalue weighted by Gasteiger charge is -2.43. The molecule has 4 rings (SSSR count). The molecule has 0 bridgehead atoms. The maximum Gasteiger partial charge on any atom is 0.223 e. The van der Waals surface area contributed by atoms with Gasteiger partial charge in [-0.3, -0.25) is 4.79 Å². The van der Waals surface area contributed by atoms with E-state index in [0.717, 1.165) is 36.3 Å². The van der Waals surface area contributed by atoms with Crippen molar-refractivity contribution in [3.05, 3.63) is 29.3 Å². The van der Waals surface area contributed by atoms with Crippen molar-refractivity contribution >= 4 is 27.5 Å². The lowest BCUT2D eigenvalue weighted by molar-refractivity contribution is -0.149. The van der Waals surface area contributed by atoms with Crippen LogP contribution in [0.5, 0.6) is 0 Å². The van der Waals surface area contributed by atoms with Crippen LogP contribution in [0.3, 0.4) is 0 Å². The van der Waals surface area contributed by atoms with Crippen molar-refractivity contribution in [3.8, 4) is 0 Å². The Kier molecular flexibility index (Phi) is 4.31. The Morgan fingerprint density at radius 1 is 1.30 bits per heavy atom. The van der Waals surface area contributed by atoms with E-state index in [4.69, 9.17) is 4.74 Å². The van der Waals surface area contributed by atoms with Gasteiger partial charge in [0.2, 0.25) is 5.91 Å². The molecule has 1 saturated carbocycles. The summed E-state index contributed by atoms with van der Waals surface area (Å²) < 4.78 is 7.06. The zero-order valence-electron chi connectivity index (χ0n) is 13.2. The third kappa shape index (κ3) is 3.12. The van der Waals surface area contributed by atoms with Crippen molar-refractivity contribution < 1.29 is 9.53 Å². The van der Waals surface area contributed by atoms with E-state index in [9.17, 15) is 4.79 Å². The highest BCUT2D eigenvalue weighted by Crippen LogP contribution is 2.29. The average molecular weight is 330 g/mol. The fraction of sp³-hybridized carbons (Fsp3) is 0.556. The molecule has 0 spiro atoms. The molecule has 1 aliphatic heterocycles. The van der Waals surface area contributed by atoms with Gasteiger partial charge in [-0.1, -0.05) is 25.0 Å². The number of aromatic nitrogens is 1. The molecule has 0 unspecified atom stereocenters. The molecular weight excluding hydrogens is 308 g/mol. The number of rotatable bonds is 3. The first kappa shape index (κ1) is 15.1. The highest BCUT2D eigenvalue weighted by molar-refractivity contribution is 7.18. The maximum absolute atomic E-state index is 12.7. The van der Waals surface area contributed by atoms with E-state index in [1.807, 2.05) is 18.2 Å². The minimum atomic E-state index is 0.268. The highest BCUT2D eigenvalue weighted by atomic mass is 32.1. The Balaban J connectivity index is 1.40. The quantitative estimate of drug-likeness (QED) is 0.866. The van der Waals surface area contributed by atoms with Gasteiger partial charge in [-0.2, -0.15) is 0 Å². The molecule has 1 aromatic heterocycles. The molecule has 2 fully saturated rings. The number of amides is 1. The first-order chi connectivity index (χ1) is 11.3. The summed E-state index contributed by atoms with van der Waals surface area (Å²) in [5.74, 6) is 0.268. The number of thiazole rings is 1. The smallest absolute Gasteiger partial charge is 0.223 e. The number of fused-ring (bicyclic) bond motifs is 2. The van der Waals surface area contributed by atoms with Gasteiger partial charge in [-0.15, -0.1) is 11.3 Å². The number of hydrogen-bond donors (Lipinski definition) is 0. The fourth-order valence-corrected chi connectivity index (χ4v) is 4.76. The lowest BCUT2D eigenvalue weighted by atomic mass is 9.90. The number of carbonyl (C=O) groups is 1. The van der Waals surface area contributed by atoms with E-state index in [0.29, 0.717) is 19.1 Å². The van der Waals surface area contributed by atoms with Crippen molar-refractivity contribution in [2.45, 2.75) is 50.7 Å². The summed E-state index contributed by atoms with van der Waals surface area (Å²) in [5, 5.41) is 1.06. The van der Waals surface area contributed by atoms with E-state index in [1.165, 1.54) is 17.5 Å². The molecule has 2 heterocycles.